The van der Waals surface area contributed by atoms with E-state index in [-0.39, 0.29) is 12.3 Å². The summed E-state index contributed by atoms with van der Waals surface area (Å²) < 4.78 is 10.8. The topological polar surface area (TPSA) is 83.5 Å². The van der Waals surface area contributed by atoms with Crippen LogP contribution >= 0.6 is 0 Å². The van der Waals surface area contributed by atoms with Gasteiger partial charge >= 0.3 is 17.3 Å². The molecule has 0 aliphatic carbocycles. The molecule has 3 aromatic rings. The van der Waals surface area contributed by atoms with Crippen LogP contribution < -0.4 is 10.4 Å². The molecule has 3 rings (SSSR count). The summed E-state index contributed by atoms with van der Waals surface area (Å²) in [7, 11) is 0. The van der Waals surface area contributed by atoms with Crippen LogP contribution in [0.15, 0.2) is 51.8 Å². The van der Waals surface area contributed by atoms with Crippen LogP contribution in [0.1, 0.15) is 27.2 Å². The fraction of sp³-hybridized carbons (Fsp3) is 0.167. The number of nitrogens with zero attached hydrogens (tertiary/aromatic N) is 1. The number of carbonyl (C=O) groups excluding carboxylic acids is 1. The second-order valence-electron chi connectivity index (χ2n) is 5.51. The van der Waals surface area contributed by atoms with E-state index in [9.17, 15) is 14.8 Å². The second kappa shape index (κ2) is 6.16. The minimum absolute atomic E-state index is 0.114. The third-order valence-corrected chi connectivity index (χ3v) is 3.84. The van der Waals surface area contributed by atoms with Crippen molar-refractivity contribution in [3.05, 3.63) is 80.6 Å². The minimum atomic E-state index is -0.754. The van der Waals surface area contributed by atoms with E-state index in [4.69, 9.17) is 9.15 Å². The molecule has 6 nitrogen and oxygen atoms in total. The molecule has 0 aliphatic rings. The van der Waals surface area contributed by atoms with Crippen molar-refractivity contribution >= 4 is 16.9 Å². The van der Waals surface area contributed by atoms with Gasteiger partial charge in [0.05, 0.1) is 0 Å². The molecular formula is C18H15NO5. The molecule has 0 aliphatic heterocycles. The Morgan fingerprint density at radius 2 is 1.96 bits per heavy atom. The molecule has 0 unspecified atom stereocenters. The minimum Gasteiger partial charge on any atom is -0.618 e. The van der Waals surface area contributed by atoms with Crippen LogP contribution in [0.25, 0.3) is 11.0 Å². The van der Waals surface area contributed by atoms with Crippen molar-refractivity contribution < 1.29 is 18.7 Å². The zero-order valence-corrected chi connectivity index (χ0v) is 13.2. The number of pyridine rings is 1. The largest absolute Gasteiger partial charge is 0.618 e. The SMILES string of the molecule is Cc1cc2oc(=O)cc(COC(=O)c3cccc[n+]3[O-])c2cc1C. The van der Waals surface area contributed by atoms with Crippen molar-refractivity contribution in [3.8, 4) is 0 Å². The molecule has 6 heteroatoms. The summed E-state index contributed by atoms with van der Waals surface area (Å²) in [5.41, 5.74) is 2.37. The second-order valence-corrected chi connectivity index (χ2v) is 5.51. The lowest BCUT2D eigenvalue weighted by Crippen LogP contribution is -2.34. The van der Waals surface area contributed by atoms with Crippen LogP contribution in [0.3, 0.4) is 0 Å². The van der Waals surface area contributed by atoms with Gasteiger partial charge in [-0.15, -0.1) is 0 Å². The average molecular weight is 325 g/mol. The predicted octanol–water partition coefficient (Wildman–Crippen LogP) is 2.40. The van der Waals surface area contributed by atoms with Gasteiger partial charge in [-0.2, -0.15) is 4.73 Å². The summed E-state index contributed by atoms with van der Waals surface area (Å²) in [4.78, 5) is 23.7. The Kier molecular flexibility index (Phi) is 4.04. The summed E-state index contributed by atoms with van der Waals surface area (Å²) in [6, 6.07) is 9.42. The third kappa shape index (κ3) is 2.99. The van der Waals surface area contributed by atoms with E-state index in [0.717, 1.165) is 11.1 Å². The van der Waals surface area contributed by atoms with Gasteiger partial charge in [0.2, 0.25) is 0 Å². The molecule has 0 saturated heterocycles. The number of fused-ring (bicyclic) bond motifs is 1. The van der Waals surface area contributed by atoms with Gasteiger partial charge < -0.3 is 14.4 Å². The molecule has 0 bridgehead atoms. The Morgan fingerprint density at radius 3 is 2.71 bits per heavy atom. The Balaban J connectivity index is 1.93. The zero-order chi connectivity index (χ0) is 17.3. The van der Waals surface area contributed by atoms with Crippen molar-refractivity contribution in [1.29, 1.82) is 0 Å². The van der Waals surface area contributed by atoms with Crippen LogP contribution in [0.5, 0.6) is 0 Å². The first-order valence-electron chi connectivity index (χ1n) is 7.35. The first-order chi connectivity index (χ1) is 11.5. The maximum absolute atomic E-state index is 12.0. The molecule has 24 heavy (non-hydrogen) atoms. The fourth-order valence-corrected chi connectivity index (χ4v) is 2.41. The number of aromatic nitrogens is 1. The van der Waals surface area contributed by atoms with E-state index in [0.29, 0.717) is 21.3 Å². The molecule has 1 aromatic carbocycles. The Morgan fingerprint density at radius 1 is 1.21 bits per heavy atom. The van der Waals surface area contributed by atoms with Crippen LogP contribution in [0.2, 0.25) is 0 Å². The number of benzene rings is 1. The molecule has 2 aromatic heterocycles. The van der Waals surface area contributed by atoms with Crippen LogP contribution in [-0.4, -0.2) is 5.97 Å². The van der Waals surface area contributed by atoms with Crippen molar-refractivity contribution in [2.45, 2.75) is 20.5 Å². The molecule has 0 radical (unpaired) electrons. The van der Waals surface area contributed by atoms with E-state index in [1.807, 2.05) is 19.9 Å². The molecule has 0 atom stereocenters. The average Bonchev–Trinajstić information content (AvgIpc) is 2.54. The molecule has 0 spiro atoms. The molecule has 2 heterocycles. The number of carbonyl (C=O) groups is 1. The van der Waals surface area contributed by atoms with Gasteiger partial charge in [0, 0.05) is 29.1 Å². The summed E-state index contributed by atoms with van der Waals surface area (Å²) in [5.74, 6) is -0.754. The molecule has 0 fully saturated rings. The van der Waals surface area contributed by atoms with Gasteiger partial charge in [-0.05, 0) is 43.2 Å². The molecule has 0 N–H and O–H groups in total. The van der Waals surface area contributed by atoms with Crippen LogP contribution in [0, 0.1) is 19.1 Å². The number of rotatable bonds is 3. The van der Waals surface area contributed by atoms with Crippen molar-refractivity contribution in [3.63, 3.8) is 0 Å². The van der Waals surface area contributed by atoms with Crippen molar-refractivity contribution in [2.75, 3.05) is 0 Å². The monoisotopic (exact) mass is 325 g/mol. The standard InChI is InChI=1S/C18H15NO5/c1-11-7-14-13(9-17(20)24-16(14)8-12(11)2)10-23-18(21)15-5-3-4-6-19(15)22/h3-9H,10H2,1-2H3. The van der Waals surface area contributed by atoms with E-state index in [2.05, 4.69) is 0 Å². The highest BCUT2D eigenvalue weighted by Gasteiger charge is 2.18. The number of ether oxygens (including phenoxy) is 1. The van der Waals surface area contributed by atoms with Crippen LogP contribution in [0.4, 0.5) is 0 Å². The molecule has 122 valence electrons. The maximum Gasteiger partial charge on any atom is 0.405 e. The third-order valence-electron chi connectivity index (χ3n) is 3.84. The van der Waals surface area contributed by atoms with Crippen molar-refractivity contribution in [2.24, 2.45) is 0 Å². The highest BCUT2D eigenvalue weighted by Crippen LogP contribution is 2.22. The lowest BCUT2D eigenvalue weighted by atomic mass is 10.0. The number of hydrogen-bond acceptors (Lipinski definition) is 5. The number of esters is 1. The highest BCUT2D eigenvalue weighted by molar-refractivity contribution is 5.86. The Hall–Kier alpha value is -3.15. The quantitative estimate of drug-likeness (QED) is 0.319. The maximum atomic E-state index is 12.0. The summed E-state index contributed by atoms with van der Waals surface area (Å²) in [6.07, 6.45) is 1.22. The van der Waals surface area contributed by atoms with Gasteiger partial charge in [-0.1, -0.05) is 0 Å². The van der Waals surface area contributed by atoms with Gasteiger partial charge in [-0.3, -0.25) is 0 Å². The van der Waals surface area contributed by atoms with Gasteiger partial charge in [0.25, 0.3) is 0 Å². The molecule has 0 saturated carbocycles. The first-order valence-corrected chi connectivity index (χ1v) is 7.35. The van der Waals surface area contributed by atoms with E-state index in [1.165, 1.54) is 24.4 Å². The molecule has 0 amide bonds. The summed E-state index contributed by atoms with van der Waals surface area (Å²) >= 11 is 0. The lowest BCUT2D eigenvalue weighted by Gasteiger charge is -2.09. The van der Waals surface area contributed by atoms with Gasteiger partial charge in [-0.25, -0.2) is 9.59 Å². The van der Waals surface area contributed by atoms with Crippen molar-refractivity contribution in [1.82, 2.24) is 0 Å². The fourth-order valence-electron chi connectivity index (χ4n) is 2.41. The normalized spacial score (nSPS) is 10.8. The summed E-state index contributed by atoms with van der Waals surface area (Å²) in [5, 5.41) is 12.3. The van der Waals surface area contributed by atoms with E-state index < -0.39 is 11.6 Å². The first kappa shape index (κ1) is 15.7. The predicted molar refractivity (Wildman–Crippen MR) is 86.5 cm³/mol. The van der Waals surface area contributed by atoms with Crippen LogP contribution in [-0.2, 0) is 11.3 Å². The Labute approximate surface area is 137 Å². The smallest absolute Gasteiger partial charge is 0.405 e. The van der Waals surface area contributed by atoms with Gasteiger partial charge in [0.1, 0.15) is 12.2 Å². The highest BCUT2D eigenvalue weighted by atomic mass is 16.5. The zero-order valence-electron chi connectivity index (χ0n) is 13.2. The van der Waals surface area contributed by atoms with Gasteiger partial charge in [0.15, 0.2) is 6.20 Å². The number of aryl methyl sites for hydroxylation is 2. The Bertz CT molecular complexity index is 990. The lowest BCUT2D eigenvalue weighted by molar-refractivity contribution is -0.608. The number of hydrogen-bond donors (Lipinski definition) is 0. The summed E-state index contributed by atoms with van der Waals surface area (Å²) in [6.45, 7) is 3.74. The van der Waals surface area contributed by atoms with E-state index in [1.54, 1.807) is 12.1 Å². The molecular weight excluding hydrogens is 310 g/mol. The van der Waals surface area contributed by atoms with E-state index >= 15 is 0 Å².